The number of hydrogen-bond acceptors (Lipinski definition) is 2. The first kappa shape index (κ1) is 14.6. The molecular formula is C12H12ClF2NO2. The Morgan fingerprint density at radius 1 is 1.22 bits per heavy atom. The van der Waals surface area contributed by atoms with Crippen LogP contribution < -0.4 is 5.32 Å². The lowest BCUT2D eigenvalue weighted by molar-refractivity contribution is -0.131. The highest BCUT2D eigenvalue weighted by molar-refractivity contribution is 6.28. The van der Waals surface area contributed by atoms with Gasteiger partial charge in [0, 0.05) is 6.54 Å². The molecule has 1 rings (SSSR count). The van der Waals surface area contributed by atoms with Gasteiger partial charge < -0.3 is 5.32 Å². The number of carbonyl (C=O) groups is 2. The standard InChI is InChI=1S/C12H12ClF2NO2/c13-6-10(17)9(7-16-12(18)11(14)15)8-4-2-1-3-5-8/h1-5,9,11H,6-7H2,(H,16,18). The second kappa shape index (κ2) is 7.06. The van der Waals surface area contributed by atoms with Crippen molar-refractivity contribution in [2.75, 3.05) is 12.4 Å². The summed E-state index contributed by atoms with van der Waals surface area (Å²) in [6.07, 6.45) is -3.09. The van der Waals surface area contributed by atoms with Crippen molar-refractivity contribution in [3.8, 4) is 0 Å². The van der Waals surface area contributed by atoms with Gasteiger partial charge in [-0.25, -0.2) is 0 Å². The van der Waals surface area contributed by atoms with Crippen molar-refractivity contribution < 1.29 is 18.4 Å². The van der Waals surface area contributed by atoms with Crippen LogP contribution in [0.15, 0.2) is 30.3 Å². The fraction of sp³-hybridized carbons (Fsp3) is 0.333. The van der Waals surface area contributed by atoms with Crippen LogP contribution in [0.5, 0.6) is 0 Å². The van der Waals surface area contributed by atoms with E-state index in [1.54, 1.807) is 30.3 Å². The first-order valence-corrected chi connectivity index (χ1v) is 5.79. The minimum atomic E-state index is -3.09. The molecule has 0 heterocycles. The second-order valence-corrected chi connectivity index (χ2v) is 3.88. The first-order chi connectivity index (χ1) is 8.56. The van der Waals surface area contributed by atoms with Gasteiger partial charge in [-0.3, -0.25) is 9.59 Å². The number of ketones is 1. The molecule has 0 bridgehead atoms. The number of halogens is 3. The van der Waals surface area contributed by atoms with E-state index in [1.807, 2.05) is 5.32 Å². The maximum Gasteiger partial charge on any atom is 0.315 e. The van der Waals surface area contributed by atoms with Crippen LogP contribution >= 0.6 is 11.6 Å². The molecule has 0 fully saturated rings. The van der Waals surface area contributed by atoms with Gasteiger partial charge in [0.1, 0.15) is 0 Å². The number of amides is 1. The van der Waals surface area contributed by atoms with Gasteiger partial charge in [0.15, 0.2) is 5.78 Å². The highest BCUT2D eigenvalue weighted by Crippen LogP contribution is 2.16. The summed E-state index contributed by atoms with van der Waals surface area (Å²) >= 11 is 5.46. The van der Waals surface area contributed by atoms with Crippen LogP contribution in [-0.4, -0.2) is 30.5 Å². The monoisotopic (exact) mass is 275 g/mol. The molecule has 0 aliphatic rings. The molecule has 0 saturated heterocycles. The summed E-state index contributed by atoms with van der Waals surface area (Å²) in [7, 11) is 0. The molecule has 1 unspecified atom stereocenters. The number of carbonyl (C=O) groups excluding carboxylic acids is 2. The number of Topliss-reactive ketones (excluding diaryl/α,β-unsaturated/α-hetero) is 1. The molecule has 1 N–H and O–H groups in total. The molecule has 0 aliphatic carbocycles. The molecule has 6 heteroatoms. The van der Waals surface area contributed by atoms with E-state index >= 15 is 0 Å². The molecule has 1 atom stereocenters. The summed E-state index contributed by atoms with van der Waals surface area (Å²) in [6, 6.07) is 8.58. The summed E-state index contributed by atoms with van der Waals surface area (Å²) in [6.45, 7) is -0.182. The van der Waals surface area contributed by atoms with Crippen LogP contribution in [0.3, 0.4) is 0 Å². The molecule has 0 aliphatic heterocycles. The Morgan fingerprint density at radius 2 is 1.83 bits per heavy atom. The molecule has 1 amide bonds. The Bertz CT molecular complexity index is 412. The number of benzene rings is 1. The van der Waals surface area contributed by atoms with E-state index in [1.165, 1.54) is 0 Å². The Hall–Kier alpha value is -1.49. The van der Waals surface area contributed by atoms with Gasteiger partial charge in [-0.1, -0.05) is 30.3 Å². The predicted octanol–water partition coefficient (Wildman–Crippen LogP) is 1.96. The predicted molar refractivity (Wildman–Crippen MR) is 63.9 cm³/mol. The maximum atomic E-state index is 12.0. The van der Waals surface area contributed by atoms with Gasteiger partial charge in [0.05, 0.1) is 11.8 Å². The lowest BCUT2D eigenvalue weighted by Crippen LogP contribution is -2.35. The summed E-state index contributed by atoms with van der Waals surface area (Å²) < 4.78 is 24.1. The molecule has 0 saturated carbocycles. The molecular weight excluding hydrogens is 264 g/mol. The van der Waals surface area contributed by atoms with E-state index in [4.69, 9.17) is 11.6 Å². The molecule has 3 nitrogen and oxygen atoms in total. The third-order valence-electron chi connectivity index (χ3n) is 2.40. The molecule has 1 aromatic rings. The third kappa shape index (κ3) is 4.07. The highest BCUT2D eigenvalue weighted by Gasteiger charge is 2.22. The van der Waals surface area contributed by atoms with Crippen molar-refractivity contribution >= 4 is 23.3 Å². The Balaban J connectivity index is 2.75. The zero-order valence-corrected chi connectivity index (χ0v) is 10.2. The molecule has 0 spiro atoms. The van der Waals surface area contributed by atoms with E-state index in [2.05, 4.69) is 0 Å². The topological polar surface area (TPSA) is 46.2 Å². The highest BCUT2D eigenvalue weighted by atomic mass is 35.5. The van der Waals surface area contributed by atoms with E-state index in [-0.39, 0.29) is 18.2 Å². The molecule has 1 aromatic carbocycles. The summed E-state index contributed by atoms with van der Waals surface area (Å²) in [5.74, 6) is -2.65. The van der Waals surface area contributed by atoms with Crippen molar-refractivity contribution in [2.45, 2.75) is 12.3 Å². The average molecular weight is 276 g/mol. The van der Waals surface area contributed by atoms with Crippen molar-refractivity contribution in [3.05, 3.63) is 35.9 Å². The van der Waals surface area contributed by atoms with E-state index in [0.29, 0.717) is 5.56 Å². The van der Waals surface area contributed by atoms with Crippen molar-refractivity contribution in [1.29, 1.82) is 0 Å². The van der Waals surface area contributed by atoms with Crippen molar-refractivity contribution in [2.24, 2.45) is 0 Å². The van der Waals surface area contributed by atoms with Crippen LogP contribution in [0, 0.1) is 0 Å². The molecule has 0 radical (unpaired) electrons. The van der Waals surface area contributed by atoms with E-state index < -0.39 is 18.3 Å². The zero-order valence-electron chi connectivity index (χ0n) is 9.41. The zero-order chi connectivity index (χ0) is 13.5. The van der Waals surface area contributed by atoms with Crippen molar-refractivity contribution in [1.82, 2.24) is 5.32 Å². The van der Waals surface area contributed by atoms with Gasteiger partial charge >= 0.3 is 6.43 Å². The van der Waals surface area contributed by atoms with E-state index in [0.717, 1.165) is 0 Å². The van der Waals surface area contributed by atoms with Crippen LogP contribution in [-0.2, 0) is 9.59 Å². The Labute approximate surface area is 108 Å². The smallest absolute Gasteiger partial charge is 0.315 e. The fourth-order valence-corrected chi connectivity index (χ4v) is 1.66. The van der Waals surface area contributed by atoms with Gasteiger partial charge in [0.2, 0.25) is 0 Å². The normalized spacial score (nSPS) is 12.2. The Morgan fingerprint density at radius 3 is 2.33 bits per heavy atom. The van der Waals surface area contributed by atoms with Gasteiger partial charge in [0.25, 0.3) is 5.91 Å². The van der Waals surface area contributed by atoms with Crippen LogP contribution in [0.2, 0.25) is 0 Å². The largest absolute Gasteiger partial charge is 0.350 e. The van der Waals surface area contributed by atoms with E-state index in [9.17, 15) is 18.4 Å². The van der Waals surface area contributed by atoms with Gasteiger partial charge in [-0.2, -0.15) is 8.78 Å². The van der Waals surface area contributed by atoms with Crippen LogP contribution in [0.1, 0.15) is 11.5 Å². The average Bonchev–Trinajstić information content (AvgIpc) is 2.39. The fourth-order valence-electron chi connectivity index (χ4n) is 1.48. The molecule has 0 aromatic heterocycles. The quantitative estimate of drug-likeness (QED) is 0.807. The minimum Gasteiger partial charge on any atom is -0.350 e. The van der Waals surface area contributed by atoms with Gasteiger partial charge in [-0.05, 0) is 5.56 Å². The molecule has 18 heavy (non-hydrogen) atoms. The number of hydrogen-bond donors (Lipinski definition) is 1. The number of nitrogens with one attached hydrogen (secondary N) is 1. The lowest BCUT2D eigenvalue weighted by atomic mass is 9.95. The Kier molecular flexibility index (Phi) is 5.71. The van der Waals surface area contributed by atoms with Crippen LogP contribution in [0.4, 0.5) is 8.78 Å². The van der Waals surface area contributed by atoms with Crippen LogP contribution in [0.25, 0.3) is 0 Å². The first-order valence-electron chi connectivity index (χ1n) is 5.25. The molecule has 98 valence electrons. The van der Waals surface area contributed by atoms with Gasteiger partial charge in [-0.15, -0.1) is 11.6 Å². The number of rotatable bonds is 6. The summed E-state index contributed by atoms with van der Waals surface area (Å²) in [5.41, 5.74) is 0.637. The second-order valence-electron chi connectivity index (χ2n) is 3.61. The van der Waals surface area contributed by atoms with Crippen molar-refractivity contribution in [3.63, 3.8) is 0 Å². The maximum absolute atomic E-state index is 12.0. The summed E-state index contributed by atoms with van der Waals surface area (Å²) in [4.78, 5) is 22.4. The lowest BCUT2D eigenvalue weighted by Gasteiger charge is -2.15. The third-order valence-corrected chi connectivity index (χ3v) is 2.66. The SMILES string of the molecule is O=C(NCC(C(=O)CCl)c1ccccc1)C(F)F. The number of alkyl halides is 3. The minimum absolute atomic E-state index is 0.182. The summed E-state index contributed by atoms with van der Waals surface area (Å²) in [5, 5.41) is 2.03.